The molecule has 2 amide bonds. The van der Waals surface area contributed by atoms with Gasteiger partial charge in [-0.25, -0.2) is 0 Å². The van der Waals surface area contributed by atoms with Gasteiger partial charge in [-0.1, -0.05) is 0 Å². The molecule has 0 spiro atoms. The van der Waals surface area contributed by atoms with E-state index < -0.39 is 18.0 Å². The first-order valence-corrected chi connectivity index (χ1v) is 11.9. The third-order valence-electron chi connectivity index (χ3n) is 3.33. The van der Waals surface area contributed by atoms with Crippen molar-refractivity contribution in [3.63, 3.8) is 0 Å². The second kappa shape index (κ2) is 10.4. The summed E-state index contributed by atoms with van der Waals surface area (Å²) in [5, 5.41) is 3.81. The molecule has 2 rings (SSSR count). The second-order valence-electron chi connectivity index (χ2n) is 5.32. The standard InChI is InChI=1S/C18H21N3O2Se2/c19-15(11-24-13-7-3-1-4-8-13)18(23)21-16(17(20)22)12-25-14-9-5-2-6-10-14/h1-10,15-16H,11-12,19H2,(H2,20,22)(H,21,23)/t15-,16-/m1/s1. The van der Waals surface area contributed by atoms with E-state index in [4.69, 9.17) is 11.5 Å². The van der Waals surface area contributed by atoms with Crippen molar-refractivity contribution in [2.75, 3.05) is 0 Å². The molecule has 132 valence electrons. The molecule has 2 aromatic carbocycles. The summed E-state index contributed by atoms with van der Waals surface area (Å²) in [4.78, 5) is 23.9. The molecule has 2 atom stereocenters. The van der Waals surface area contributed by atoms with Crippen LogP contribution in [-0.4, -0.2) is 53.8 Å². The summed E-state index contributed by atoms with van der Waals surface area (Å²) in [5.41, 5.74) is 11.4. The van der Waals surface area contributed by atoms with E-state index in [9.17, 15) is 9.59 Å². The number of nitrogens with one attached hydrogen (secondary N) is 1. The number of hydrogen-bond acceptors (Lipinski definition) is 3. The maximum atomic E-state index is 12.3. The first-order chi connectivity index (χ1) is 12.1. The third-order valence-corrected chi connectivity index (χ3v) is 8.02. The minimum absolute atomic E-state index is 0.0618. The fraction of sp³-hybridized carbons (Fsp3) is 0.222. The summed E-state index contributed by atoms with van der Waals surface area (Å²) in [6.45, 7) is 0. The molecule has 0 bridgehead atoms. The average molecular weight is 469 g/mol. The van der Waals surface area contributed by atoms with E-state index in [0.717, 1.165) is 4.46 Å². The monoisotopic (exact) mass is 471 g/mol. The molecular formula is C18H21N3O2Se2. The van der Waals surface area contributed by atoms with Crippen LogP contribution in [0.4, 0.5) is 0 Å². The molecule has 0 aliphatic heterocycles. The van der Waals surface area contributed by atoms with Crippen molar-refractivity contribution in [2.45, 2.75) is 22.7 Å². The summed E-state index contributed by atoms with van der Waals surface area (Å²) >= 11 is 0.181. The van der Waals surface area contributed by atoms with Gasteiger partial charge >= 0.3 is 160 Å². The molecule has 0 aliphatic carbocycles. The van der Waals surface area contributed by atoms with Gasteiger partial charge in [-0.05, 0) is 0 Å². The Hall–Kier alpha value is -1.62. The summed E-state index contributed by atoms with van der Waals surface area (Å²) in [6, 6.07) is 18.5. The molecule has 0 fully saturated rings. The summed E-state index contributed by atoms with van der Waals surface area (Å²) in [6.07, 6.45) is 0. The first-order valence-electron chi connectivity index (χ1n) is 7.77. The molecule has 0 saturated carbocycles. The zero-order valence-corrected chi connectivity index (χ0v) is 17.1. The number of rotatable bonds is 9. The van der Waals surface area contributed by atoms with Crippen LogP contribution in [0.25, 0.3) is 0 Å². The zero-order valence-electron chi connectivity index (χ0n) is 13.6. The van der Waals surface area contributed by atoms with E-state index in [2.05, 4.69) is 5.32 Å². The number of hydrogen-bond donors (Lipinski definition) is 3. The predicted molar refractivity (Wildman–Crippen MR) is 102 cm³/mol. The zero-order chi connectivity index (χ0) is 18.1. The average Bonchev–Trinajstić information content (AvgIpc) is 2.64. The molecule has 0 aromatic heterocycles. The van der Waals surface area contributed by atoms with E-state index in [-0.39, 0.29) is 35.8 Å². The van der Waals surface area contributed by atoms with Crippen molar-refractivity contribution in [1.29, 1.82) is 0 Å². The van der Waals surface area contributed by atoms with Gasteiger partial charge in [-0.2, -0.15) is 0 Å². The van der Waals surface area contributed by atoms with Gasteiger partial charge in [-0.3, -0.25) is 0 Å². The van der Waals surface area contributed by atoms with Crippen molar-refractivity contribution in [3.8, 4) is 0 Å². The Morgan fingerprint density at radius 2 is 1.36 bits per heavy atom. The summed E-state index contributed by atoms with van der Waals surface area (Å²) in [5.74, 6) is -0.836. The Labute approximate surface area is 160 Å². The molecular weight excluding hydrogens is 448 g/mol. The number of amides is 2. The molecule has 2 aromatic rings. The van der Waals surface area contributed by atoms with E-state index in [0.29, 0.717) is 10.6 Å². The van der Waals surface area contributed by atoms with Crippen LogP contribution >= 0.6 is 0 Å². The Balaban J connectivity index is 1.83. The van der Waals surface area contributed by atoms with Gasteiger partial charge in [0.05, 0.1) is 0 Å². The normalized spacial score (nSPS) is 13.0. The van der Waals surface area contributed by atoms with Gasteiger partial charge in [0.2, 0.25) is 0 Å². The summed E-state index contributed by atoms with van der Waals surface area (Å²) < 4.78 is 2.35. The van der Waals surface area contributed by atoms with Gasteiger partial charge in [0.1, 0.15) is 0 Å². The van der Waals surface area contributed by atoms with E-state index >= 15 is 0 Å². The maximum absolute atomic E-state index is 12.3. The molecule has 0 saturated heterocycles. The number of carbonyl (C=O) groups excluding carboxylic acids is 2. The van der Waals surface area contributed by atoms with Crippen molar-refractivity contribution in [2.24, 2.45) is 11.5 Å². The van der Waals surface area contributed by atoms with Crippen LogP contribution in [0, 0.1) is 0 Å². The number of nitrogens with two attached hydrogens (primary N) is 2. The van der Waals surface area contributed by atoms with Crippen molar-refractivity contribution < 1.29 is 9.59 Å². The number of benzene rings is 2. The molecule has 0 aliphatic rings. The Morgan fingerprint density at radius 1 is 0.880 bits per heavy atom. The van der Waals surface area contributed by atoms with Gasteiger partial charge in [-0.15, -0.1) is 0 Å². The van der Waals surface area contributed by atoms with Crippen LogP contribution < -0.4 is 25.7 Å². The quantitative estimate of drug-likeness (QED) is 0.419. The van der Waals surface area contributed by atoms with Crippen LogP contribution in [-0.2, 0) is 9.59 Å². The van der Waals surface area contributed by atoms with Gasteiger partial charge < -0.3 is 0 Å². The number of primary amides is 1. The first kappa shape index (κ1) is 19.7. The van der Waals surface area contributed by atoms with Gasteiger partial charge in [0.15, 0.2) is 0 Å². The van der Waals surface area contributed by atoms with Crippen molar-refractivity contribution in [1.82, 2.24) is 5.32 Å². The Morgan fingerprint density at radius 3 is 1.84 bits per heavy atom. The topological polar surface area (TPSA) is 98.2 Å². The van der Waals surface area contributed by atoms with E-state index in [1.165, 1.54) is 4.46 Å². The molecule has 25 heavy (non-hydrogen) atoms. The van der Waals surface area contributed by atoms with Crippen LogP contribution in [0.1, 0.15) is 0 Å². The predicted octanol–water partition coefficient (Wildman–Crippen LogP) is -0.820. The molecule has 0 heterocycles. The Bertz CT molecular complexity index is 683. The third kappa shape index (κ3) is 7.02. The second-order valence-corrected chi connectivity index (χ2v) is 9.91. The molecule has 7 heteroatoms. The summed E-state index contributed by atoms with van der Waals surface area (Å²) in [7, 11) is 0. The minimum atomic E-state index is -0.678. The number of carbonyl (C=O) groups is 2. The molecule has 5 N–H and O–H groups in total. The fourth-order valence-electron chi connectivity index (χ4n) is 1.95. The van der Waals surface area contributed by atoms with E-state index in [1.807, 2.05) is 60.7 Å². The van der Waals surface area contributed by atoms with Crippen LogP contribution in [0.15, 0.2) is 60.7 Å². The van der Waals surface area contributed by atoms with Crippen molar-refractivity contribution in [3.05, 3.63) is 60.7 Å². The van der Waals surface area contributed by atoms with Gasteiger partial charge in [0, 0.05) is 0 Å². The Kier molecular flexibility index (Phi) is 8.19. The van der Waals surface area contributed by atoms with Crippen LogP contribution in [0.3, 0.4) is 0 Å². The van der Waals surface area contributed by atoms with Crippen LogP contribution in [0.5, 0.6) is 0 Å². The molecule has 5 nitrogen and oxygen atoms in total. The molecule has 0 radical (unpaired) electrons. The SMILES string of the molecule is NC(=O)[C@@H](C[Se]c1ccccc1)NC(=O)[C@H](N)C[Se]c1ccccc1. The van der Waals surface area contributed by atoms with E-state index in [1.54, 1.807) is 0 Å². The molecule has 0 unspecified atom stereocenters. The van der Waals surface area contributed by atoms with Crippen molar-refractivity contribution >= 4 is 50.7 Å². The fourth-order valence-corrected chi connectivity index (χ4v) is 5.79. The van der Waals surface area contributed by atoms with Crippen LogP contribution in [0.2, 0.25) is 10.6 Å². The van der Waals surface area contributed by atoms with Gasteiger partial charge in [0.25, 0.3) is 0 Å².